The molecule has 0 amide bonds. The van der Waals surface area contributed by atoms with Gasteiger partial charge in [-0.1, -0.05) is 76.9 Å². The van der Waals surface area contributed by atoms with Crippen LogP contribution in [0.3, 0.4) is 0 Å². The van der Waals surface area contributed by atoms with E-state index < -0.39 is 0 Å². The molecule has 2 rings (SSSR count). The van der Waals surface area contributed by atoms with E-state index in [1.165, 1.54) is 66.9 Å². The lowest BCUT2D eigenvalue weighted by Crippen LogP contribution is -2.39. The number of nitrogens with zero attached hydrogens (tertiary/aromatic N) is 4. The molecule has 7 nitrogen and oxygen atoms in total. The Hall–Kier alpha value is -2.15. The zero-order valence-corrected chi connectivity index (χ0v) is 20.4. The number of hydrogen-bond donors (Lipinski definition) is 1. The molecule has 2 heterocycles. The molecule has 0 fully saturated rings. The van der Waals surface area contributed by atoms with E-state index in [-0.39, 0.29) is 11.2 Å². The molecule has 0 radical (unpaired) electrons. The minimum Gasteiger partial charge on any atom is -0.328 e. The maximum atomic E-state index is 12.7. The van der Waals surface area contributed by atoms with Crippen molar-refractivity contribution < 1.29 is 0 Å². The van der Waals surface area contributed by atoms with Gasteiger partial charge in [0.15, 0.2) is 11.2 Å². The largest absolute Gasteiger partial charge is 0.332 e. The fourth-order valence-corrected chi connectivity index (χ4v) is 4.06. The number of rotatable bonds is 17. The Kier molecular flexibility index (Phi) is 12.1. The fraction of sp³-hybridized carbons (Fsp3) is 0.720. The van der Waals surface area contributed by atoms with E-state index in [9.17, 15) is 9.59 Å². The summed E-state index contributed by atoms with van der Waals surface area (Å²) in [5, 5.41) is 3.48. The van der Waals surface area contributed by atoms with Crippen molar-refractivity contribution in [3.8, 4) is 0 Å². The van der Waals surface area contributed by atoms with Crippen molar-refractivity contribution in [1.82, 2.24) is 24.0 Å². The monoisotopic (exact) mass is 445 g/mol. The van der Waals surface area contributed by atoms with Gasteiger partial charge in [-0.25, -0.2) is 9.78 Å². The Labute approximate surface area is 192 Å². The molecule has 180 valence electrons. The van der Waals surface area contributed by atoms with E-state index in [4.69, 9.17) is 0 Å². The lowest BCUT2D eigenvalue weighted by Gasteiger charge is -2.08. The van der Waals surface area contributed by atoms with Gasteiger partial charge in [-0.15, -0.1) is 0 Å². The molecule has 0 bridgehead atoms. The van der Waals surface area contributed by atoms with Gasteiger partial charge in [0.1, 0.15) is 0 Å². The molecule has 0 spiro atoms. The van der Waals surface area contributed by atoms with Crippen LogP contribution >= 0.6 is 0 Å². The second-order valence-electron chi connectivity index (χ2n) is 8.83. The van der Waals surface area contributed by atoms with Crippen LogP contribution in [0.1, 0.15) is 84.0 Å². The summed E-state index contributed by atoms with van der Waals surface area (Å²) in [5.74, 6) is 0. The first kappa shape index (κ1) is 26.1. The van der Waals surface area contributed by atoms with Gasteiger partial charge in [0.25, 0.3) is 5.56 Å². The normalized spacial score (nSPS) is 11.8. The minimum absolute atomic E-state index is 0.231. The van der Waals surface area contributed by atoms with Gasteiger partial charge in [-0.3, -0.25) is 13.9 Å². The molecule has 1 N–H and O–H groups in total. The summed E-state index contributed by atoms with van der Waals surface area (Å²) in [6.07, 6.45) is 20.6. The van der Waals surface area contributed by atoms with Gasteiger partial charge in [-0.05, 0) is 25.8 Å². The first-order valence-corrected chi connectivity index (χ1v) is 12.5. The third-order valence-electron chi connectivity index (χ3n) is 6.09. The van der Waals surface area contributed by atoms with Crippen molar-refractivity contribution in [2.45, 2.75) is 90.5 Å². The first-order chi connectivity index (χ1) is 15.6. The average Bonchev–Trinajstić information content (AvgIpc) is 3.18. The zero-order chi connectivity index (χ0) is 23.2. The summed E-state index contributed by atoms with van der Waals surface area (Å²) < 4.78 is 4.52. The molecule has 0 aromatic carbocycles. The number of fused-ring (bicyclic) bond motifs is 1. The molecule has 0 saturated carbocycles. The maximum Gasteiger partial charge on any atom is 0.332 e. The SMILES string of the molecule is CCCCC=CCNCCCCCCCCCCCn1c(=O)c2c(ncn2C)n(C)c1=O. The summed E-state index contributed by atoms with van der Waals surface area (Å²) in [5.41, 5.74) is 0.438. The minimum atomic E-state index is -0.275. The van der Waals surface area contributed by atoms with Crippen LogP contribution in [0.15, 0.2) is 28.1 Å². The van der Waals surface area contributed by atoms with Crippen LogP contribution in [0.4, 0.5) is 0 Å². The molecule has 0 unspecified atom stereocenters. The highest BCUT2D eigenvalue weighted by molar-refractivity contribution is 5.69. The molecular weight excluding hydrogens is 402 g/mol. The van der Waals surface area contributed by atoms with Crippen LogP contribution < -0.4 is 16.6 Å². The molecule has 0 saturated heterocycles. The summed E-state index contributed by atoms with van der Waals surface area (Å²) in [6.45, 7) is 4.82. The highest BCUT2D eigenvalue weighted by Gasteiger charge is 2.14. The van der Waals surface area contributed by atoms with Crippen molar-refractivity contribution >= 4 is 11.2 Å². The molecule has 32 heavy (non-hydrogen) atoms. The predicted molar refractivity (Wildman–Crippen MR) is 133 cm³/mol. The molecule has 0 aliphatic rings. The third-order valence-corrected chi connectivity index (χ3v) is 6.09. The highest BCUT2D eigenvalue weighted by Crippen LogP contribution is 2.10. The van der Waals surface area contributed by atoms with E-state index in [1.807, 2.05) is 0 Å². The first-order valence-electron chi connectivity index (χ1n) is 12.5. The smallest absolute Gasteiger partial charge is 0.328 e. The van der Waals surface area contributed by atoms with E-state index in [0.29, 0.717) is 17.7 Å². The Morgan fingerprint density at radius 2 is 1.56 bits per heavy atom. The predicted octanol–water partition coefficient (Wildman–Crippen LogP) is 4.28. The number of aryl methyl sites for hydroxylation is 2. The number of allylic oxidation sites excluding steroid dienone is 1. The standard InChI is InChI=1S/C25H43N5O2/c1-4-5-6-12-15-18-26-19-16-13-10-8-7-9-11-14-17-20-30-24(31)22-23(27-21-28(22)2)29(3)25(30)32/h12,15,21,26H,4-11,13-14,16-20H2,1-3H3. The lowest BCUT2D eigenvalue weighted by molar-refractivity contribution is 0.514. The van der Waals surface area contributed by atoms with Crippen molar-refractivity contribution in [2.75, 3.05) is 13.1 Å². The van der Waals surface area contributed by atoms with Crippen molar-refractivity contribution in [3.63, 3.8) is 0 Å². The van der Waals surface area contributed by atoms with Crippen LogP contribution in [0, 0.1) is 0 Å². The lowest BCUT2D eigenvalue weighted by atomic mass is 10.1. The molecule has 2 aromatic heterocycles. The van der Waals surface area contributed by atoms with Gasteiger partial charge in [0.05, 0.1) is 6.33 Å². The second-order valence-corrected chi connectivity index (χ2v) is 8.83. The summed E-state index contributed by atoms with van der Waals surface area (Å²) in [4.78, 5) is 29.3. The Morgan fingerprint density at radius 1 is 0.906 bits per heavy atom. The van der Waals surface area contributed by atoms with Gasteiger partial charge in [0, 0.05) is 27.2 Å². The third kappa shape index (κ3) is 8.08. The van der Waals surface area contributed by atoms with Crippen LogP contribution in [0.5, 0.6) is 0 Å². The number of hydrogen-bond acceptors (Lipinski definition) is 4. The molecule has 0 aliphatic carbocycles. The topological polar surface area (TPSA) is 73.8 Å². The van der Waals surface area contributed by atoms with Crippen LogP contribution in [-0.2, 0) is 20.6 Å². The maximum absolute atomic E-state index is 12.7. The molecule has 0 aliphatic heterocycles. The zero-order valence-electron chi connectivity index (χ0n) is 20.4. The second kappa shape index (κ2) is 14.8. The highest BCUT2D eigenvalue weighted by atomic mass is 16.2. The molecule has 2 aromatic rings. The van der Waals surface area contributed by atoms with Crippen LogP contribution in [0.25, 0.3) is 11.2 Å². The molecule has 7 heteroatoms. The summed E-state index contributed by atoms with van der Waals surface area (Å²) >= 11 is 0. The Bertz CT molecular complexity index is 938. The quantitative estimate of drug-likeness (QED) is 0.291. The van der Waals surface area contributed by atoms with Gasteiger partial charge in [0.2, 0.25) is 0 Å². The Morgan fingerprint density at radius 3 is 2.25 bits per heavy atom. The van der Waals surface area contributed by atoms with Gasteiger partial charge < -0.3 is 9.88 Å². The van der Waals surface area contributed by atoms with Crippen molar-refractivity contribution in [1.29, 1.82) is 0 Å². The van der Waals surface area contributed by atoms with Crippen LogP contribution in [-0.4, -0.2) is 31.8 Å². The van der Waals surface area contributed by atoms with Gasteiger partial charge in [-0.2, -0.15) is 0 Å². The van der Waals surface area contributed by atoms with E-state index in [1.54, 1.807) is 25.0 Å². The molecular formula is C25H43N5O2. The fourth-order valence-electron chi connectivity index (χ4n) is 4.06. The van der Waals surface area contributed by atoms with Crippen molar-refractivity contribution in [2.24, 2.45) is 14.1 Å². The van der Waals surface area contributed by atoms with Crippen molar-refractivity contribution in [3.05, 3.63) is 39.3 Å². The Balaban J connectivity index is 1.50. The van der Waals surface area contributed by atoms with E-state index in [0.717, 1.165) is 32.4 Å². The van der Waals surface area contributed by atoms with E-state index >= 15 is 0 Å². The molecule has 0 atom stereocenters. The summed E-state index contributed by atoms with van der Waals surface area (Å²) in [6, 6.07) is 0. The van der Waals surface area contributed by atoms with Gasteiger partial charge >= 0.3 is 5.69 Å². The van der Waals surface area contributed by atoms with E-state index in [2.05, 4.69) is 29.4 Å². The number of aromatic nitrogens is 4. The van der Waals surface area contributed by atoms with Crippen LogP contribution in [0.2, 0.25) is 0 Å². The average molecular weight is 446 g/mol. The number of unbranched alkanes of at least 4 members (excludes halogenated alkanes) is 10. The number of imidazole rings is 1. The summed E-state index contributed by atoms with van der Waals surface area (Å²) in [7, 11) is 3.46. The number of nitrogens with one attached hydrogen (secondary N) is 1.